The zero-order valence-corrected chi connectivity index (χ0v) is 7.51. The molecule has 0 unspecified atom stereocenters. The molecule has 2 rings (SSSR count). The highest BCUT2D eigenvalue weighted by atomic mass is 14.9. The van der Waals surface area contributed by atoms with Gasteiger partial charge in [-0.25, -0.2) is 0 Å². The summed E-state index contributed by atoms with van der Waals surface area (Å²) < 4.78 is 0. The molecule has 0 radical (unpaired) electrons. The van der Waals surface area contributed by atoms with Gasteiger partial charge >= 0.3 is 0 Å². The zero-order valence-electron chi connectivity index (χ0n) is 7.51. The van der Waals surface area contributed by atoms with E-state index in [4.69, 9.17) is 6.57 Å². The molecule has 0 spiro atoms. The van der Waals surface area contributed by atoms with Crippen LogP contribution in [0.3, 0.4) is 0 Å². The first-order chi connectivity index (χ1) is 6.92. The normalized spacial score (nSPS) is 9.36. The Morgan fingerprint density at radius 3 is 2.50 bits per heavy atom. The van der Waals surface area contributed by atoms with Crippen molar-refractivity contribution in [2.45, 2.75) is 0 Å². The monoisotopic (exact) mass is 180 g/mol. The van der Waals surface area contributed by atoms with Gasteiger partial charge in [-0.05, 0) is 11.6 Å². The van der Waals surface area contributed by atoms with Crippen LogP contribution in [0, 0.1) is 6.57 Å². The average molecular weight is 180 g/mol. The summed E-state index contributed by atoms with van der Waals surface area (Å²) >= 11 is 0. The standard InChI is InChI=1S/C12H8N2/c1-13-12-11(8-5-9-14-12)10-6-3-2-4-7-10/h2-9H. The molecule has 66 valence electrons. The summed E-state index contributed by atoms with van der Waals surface area (Å²) in [7, 11) is 0. The van der Waals surface area contributed by atoms with Crippen LogP contribution in [0.4, 0.5) is 5.82 Å². The van der Waals surface area contributed by atoms with E-state index in [2.05, 4.69) is 9.83 Å². The van der Waals surface area contributed by atoms with Crippen molar-refractivity contribution in [2.75, 3.05) is 0 Å². The SMILES string of the molecule is [C-]#[N+]c1ncccc1-c1ccccc1. The molecule has 1 aromatic heterocycles. The van der Waals surface area contributed by atoms with Crippen molar-refractivity contribution in [1.82, 2.24) is 4.98 Å². The van der Waals surface area contributed by atoms with Crippen LogP contribution in [0.5, 0.6) is 0 Å². The summed E-state index contributed by atoms with van der Waals surface area (Å²) in [6.07, 6.45) is 1.64. The minimum absolute atomic E-state index is 0.457. The van der Waals surface area contributed by atoms with Gasteiger partial charge < -0.3 is 4.85 Å². The maximum Gasteiger partial charge on any atom is 0.277 e. The molecule has 0 aliphatic carbocycles. The Labute approximate surface area is 82.7 Å². The number of benzene rings is 1. The Kier molecular flexibility index (Phi) is 2.24. The van der Waals surface area contributed by atoms with Crippen LogP contribution in [0.25, 0.3) is 16.0 Å². The minimum Gasteiger partial charge on any atom is -0.360 e. The highest BCUT2D eigenvalue weighted by Crippen LogP contribution is 2.27. The number of hydrogen-bond donors (Lipinski definition) is 0. The van der Waals surface area contributed by atoms with E-state index >= 15 is 0 Å². The number of hydrogen-bond acceptors (Lipinski definition) is 1. The fourth-order valence-corrected chi connectivity index (χ4v) is 1.33. The van der Waals surface area contributed by atoms with Gasteiger partial charge in [-0.15, -0.1) is 4.98 Å². The Balaban J connectivity index is 2.58. The quantitative estimate of drug-likeness (QED) is 0.615. The molecule has 1 heterocycles. The highest BCUT2D eigenvalue weighted by Gasteiger charge is 2.03. The fraction of sp³-hybridized carbons (Fsp3) is 0. The van der Waals surface area contributed by atoms with Crippen molar-refractivity contribution < 1.29 is 0 Å². The molecule has 0 aliphatic rings. The van der Waals surface area contributed by atoms with Crippen molar-refractivity contribution in [2.24, 2.45) is 0 Å². The Morgan fingerprint density at radius 1 is 1.00 bits per heavy atom. The van der Waals surface area contributed by atoms with Gasteiger partial charge in [0.05, 0.1) is 0 Å². The summed E-state index contributed by atoms with van der Waals surface area (Å²) in [5, 5.41) is 0. The number of nitrogens with zero attached hydrogens (tertiary/aromatic N) is 2. The largest absolute Gasteiger partial charge is 0.360 e. The fourth-order valence-electron chi connectivity index (χ4n) is 1.33. The van der Waals surface area contributed by atoms with E-state index in [1.807, 2.05) is 42.5 Å². The van der Waals surface area contributed by atoms with Crippen molar-refractivity contribution in [3.63, 3.8) is 0 Å². The van der Waals surface area contributed by atoms with Crippen molar-refractivity contribution >= 4 is 5.82 Å². The molecule has 2 nitrogen and oxygen atoms in total. The minimum atomic E-state index is 0.457. The summed E-state index contributed by atoms with van der Waals surface area (Å²) in [5.74, 6) is 0.457. The smallest absolute Gasteiger partial charge is 0.277 e. The molecule has 0 aliphatic heterocycles. The van der Waals surface area contributed by atoms with Crippen LogP contribution in [0.15, 0.2) is 48.7 Å². The van der Waals surface area contributed by atoms with Gasteiger partial charge in [-0.3, -0.25) is 0 Å². The first-order valence-corrected chi connectivity index (χ1v) is 4.30. The van der Waals surface area contributed by atoms with Crippen LogP contribution in [-0.4, -0.2) is 4.98 Å². The summed E-state index contributed by atoms with van der Waals surface area (Å²) in [4.78, 5) is 7.41. The lowest BCUT2D eigenvalue weighted by atomic mass is 10.1. The van der Waals surface area contributed by atoms with E-state index in [-0.39, 0.29) is 0 Å². The lowest BCUT2D eigenvalue weighted by Gasteiger charge is -2.01. The topological polar surface area (TPSA) is 17.2 Å². The predicted octanol–water partition coefficient (Wildman–Crippen LogP) is 3.30. The predicted molar refractivity (Wildman–Crippen MR) is 55.9 cm³/mol. The lowest BCUT2D eigenvalue weighted by Crippen LogP contribution is -1.79. The van der Waals surface area contributed by atoms with Crippen molar-refractivity contribution in [3.8, 4) is 11.1 Å². The summed E-state index contributed by atoms with van der Waals surface area (Å²) in [5.41, 5.74) is 1.93. The molecule has 14 heavy (non-hydrogen) atoms. The van der Waals surface area contributed by atoms with Crippen LogP contribution >= 0.6 is 0 Å². The maximum atomic E-state index is 7.00. The molecule has 0 saturated carbocycles. The zero-order chi connectivity index (χ0) is 9.80. The van der Waals surface area contributed by atoms with Gasteiger partial charge in [0.25, 0.3) is 5.82 Å². The molecule has 2 heteroatoms. The van der Waals surface area contributed by atoms with E-state index in [1.54, 1.807) is 6.20 Å². The van der Waals surface area contributed by atoms with Crippen LogP contribution in [0.1, 0.15) is 0 Å². The molecule has 0 N–H and O–H groups in total. The summed E-state index contributed by atoms with van der Waals surface area (Å²) in [6, 6.07) is 13.6. The molecule has 0 fully saturated rings. The Hall–Kier alpha value is -2.14. The van der Waals surface area contributed by atoms with Crippen molar-refractivity contribution in [3.05, 3.63) is 60.1 Å². The van der Waals surface area contributed by atoms with Crippen LogP contribution in [-0.2, 0) is 0 Å². The van der Waals surface area contributed by atoms with E-state index in [0.29, 0.717) is 5.82 Å². The van der Waals surface area contributed by atoms with E-state index in [1.165, 1.54) is 0 Å². The third-order valence-electron chi connectivity index (χ3n) is 1.98. The number of aromatic nitrogens is 1. The van der Waals surface area contributed by atoms with Gasteiger partial charge in [0.1, 0.15) is 6.20 Å². The second kappa shape index (κ2) is 3.71. The van der Waals surface area contributed by atoms with E-state index < -0.39 is 0 Å². The first-order valence-electron chi connectivity index (χ1n) is 4.30. The van der Waals surface area contributed by atoms with Gasteiger partial charge in [0, 0.05) is 5.56 Å². The third kappa shape index (κ3) is 1.48. The average Bonchev–Trinajstić information content (AvgIpc) is 2.30. The number of rotatable bonds is 1. The maximum absolute atomic E-state index is 7.00. The molecule has 0 atom stereocenters. The van der Waals surface area contributed by atoms with Gasteiger partial charge in [-0.2, -0.15) is 0 Å². The molecular weight excluding hydrogens is 172 g/mol. The molecule has 1 aromatic carbocycles. The number of pyridine rings is 1. The summed E-state index contributed by atoms with van der Waals surface area (Å²) in [6.45, 7) is 7.00. The van der Waals surface area contributed by atoms with Gasteiger partial charge in [-0.1, -0.05) is 43.0 Å². The van der Waals surface area contributed by atoms with Gasteiger partial charge in [0.2, 0.25) is 0 Å². The second-order valence-electron chi connectivity index (χ2n) is 2.85. The van der Waals surface area contributed by atoms with E-state index in [0.717, 1.165) is 11.1 Å². The molecular formula is C12H8N2. The molecule has 0 amide bonds. The van der Waals surface area contributed by atoms with Crippen LogP contribution < -0.4 is 0 Å². The highest BCUT2D eigenvalue weighted by molar-refractivity contribution is 5.75. The van der Waals surface area contributed by atoms with Gasteiger partial charge in [0.15, 0.2) is 0 Å². The molecule has 0 bridgehead atoms. The Morgan fingerprint density at radius 2 is 1.79 bits per heavy atom. The Bertz CT molecular complexity index is 469. The second-order valence-corrected chi connectivity index (χ2v) is 2.85. The molecule has 2 aromatic rings. The molecule has 0 saturated heterocycles. The lowest BCUT2D eigenvalue weighted by molar-refractivity contribution is 1.35. The van der Waals surface area contributed by atoms with E-state index in [9.17, 15) is 0 Å². The van der Waals surface area contributed by atoms with Crippen LogP contribution in [0.2, 0.25) is 0 Å². The van der Waals surface area contributed by atoms with Crippen molar-refractivity contribution in [1.29, 1.82) is 0 Å². The first kappa shape index (κ1) is 8.46. The third-order valence-corrected chi connectivity index (χ3v) is 1.98.